The highest BCUT2D eigenvalue weighted by Crippen LogP contribution is 2.29. The van der Waals surface area contributed by atoms with E-state index in [9.17, 15) is 4.79 Å². The summed E-state index contributed by atoms with van der Waals surface area (Å²) in [5.41, 5.74) is 0. The van der Waals surface area contributed by atoms with E-state index in [-0.39, 0.29) is 5.75 Å². The second-order valence-corrected chi connectivity index (χ2v) is 3.74. The minimum absolute atomic E-state index is 0.274. The minimum Gasteiger partial charge on any atom is -0.481 e. The van der Waals surface area contributed by atoms with Crippen LogP contribution < -0.4 is 0 Å². The topological polar surface area (TPSA) is 37.3 Å². The van der Waals surface area contributed by atoms with Crippen LogP contribution in [0.25, 0.3) is 0 Å². The summed E-state index contributed by atoms with van der Waals surface area (Å²) in [7, 11) is 0. The molecule has 2 nitrogen and oxygen atoms in total. The van der Waals surface area contributed by atoms with E-state index in [2.05, 4.69) is 0 Å². The van der Waals surface area contributed by atoms with Crippen molar-refractivity contribution in [3.8, 4) is 0 Å². The Balaban J connectivity index is 1.89. The van der Waals surface area contributed by atoms with Gasteiger partial charge in [-0.05, 0) is 24.5 Å². The maximum atomic E-state index is 10.1. The maximum Gasteiger partial charge on any atom is 0.313 e. The molecule has 10 heavy (non-hydrogen) atoms. The van der Waals surface area contributed by atoms with Crippen LogP contribution in [0.15, 0.2) is 0 Å². The summed E-state index contributed by atoms with van der Waals surface area (Å²) in [6, 6.07) is 0. The predicted molar refractivity (Wildman–Crippen MR) is 42.3 cm³/mol. The molecule has 1 aliphatic carbocycles. The quantitative estimate of drug-likeness (QED) is 0.678. The van der Waals surface area contributed by atoms with Crippen LogP contribution in [-0.4, -0.2) is 22.6 Å². The zero-order valence-corrected chi connectivity index (χ0v) is 6.69. The van der Waals surface area contributed by atoms with Gasteiger partial charge in [0.1, 0.15) is 0 Å². The summed E-state index contributed by atoms with van der Waals surface area (Å²) >= 11 is 1.55. The lowest BCUT2D eigenvalue weighted by atomic mass is 9.87. The number of carboxylic acid groups (broad SMARTS) is 1. The molecule has 3 heteroatoms. The fourth-order valence-electron chi connectivity index (χ4n) is 0.972. The minimum atomic E-state index is -0.690. The molecule has 0 saturated heterocycles. The van der Waals surface area contributed by atoms with Gasteiger partial charge in [-0.15, -0.1) is 11.8 Å². The van der Waals surface area contributed by atoms with Crippen molar-refractivity contribution in [3.63, 3.8) is 0 Å². The number of rotatable bonds is 4. The number of aliphatic carboxylic acids is 1. The van der Waals surface area contributed by atoms with E-state index in [0.29, 0.717) is 0 Å². The van der Waals surface area contributed by atoms with E-state index >= 15 is 0 Å². The van der Waals surface area contributed by atoms with Crippen LogP contribution in [0.1, 0.15) is 19.3 Å². The van der Waals surface area contributed by atoms with E-state index in [4.69, 9.17) is 5.11 Å². The van der Waals surface area contributed by atoms with Gasteiger partial charge in [-0.25, -0.2) is 0 Å². The van der Waals surface area contributed by atoms with E-state index < -0.39 is 5.97 Å². The molecule has 1 aliphatic rings. The van der Waals surface area contributed by atoms with Crippen LogP contribution >= 0.6 is 11.8 Å². The molecule has 0 atom stereocenters. The Kier molecular flexibility index (Phi) is 3.06. The first-order chi connectivity index (χ1) is 4.79. The van der Waals surface area contributed by atoms with Crippen LogP contribution in [0.3, 0.4) is 0 Å². The molecule has 0 bridgehead atoms. The van der Waals surface area contributed by atoms with Crippen molar-refractivity contribution < 1.29 is 9.90 Å². The largest absolute Gasteiger partial charge is 0.481 e. The van der Waals surface area contributed by atoms with Crippen LogP contribution in [0.4, 0.5) is 0 Å². The lowest BCUT2D eigenvalue weighted by Gasteiger charge is -2.24. The third-order valence-corrected chi connectivity index (χ3v) is 2.96. The summed E-state index contributed by atoms with van der Waals surface area (Å²) < 4.78 is 0. The Bertz CT molecular complexity index is 121. The van der Waals surface area contributed by atoms with Crippen molar-refractivity contribution >= 4 is 17.7 Å². The second-order valence-electron chi connectivity index (χ2n) is 2.71. The number of hydrogen-bond donors (Lipinski definition) is 1. The van der Waals surface area contributed by atoms with Gasteiger partial charge in [0.2, 0.25) is 0 Å². The Labute approximate surface area is 65.0 Å². The highest BCUT2D eigenvalue weighted by molar-refractivity contribution is 7.99. The average Bonchev–Trinajstić information content (AvgIpc) is 1.75. The van der Waals surface area contributed by atoms with Gasteiger partial charge in [0.25, 0.3) is 0 Å². The third-order valence-electron chi connectivity index (χ3n) is 1.80. The third kappa shape index (κ3) is 2.60. The molecular weight excluding hydrogens is 148 g/mol. The van der Waals surface area contributed by atoms with Crippen LogP contribution in [0.5, 0.6) is 0 Å². The van der Waals surface area contributed by atoms with Gasteiger partial charge in [-0.2, -0.15) is 0 Å². The number of thioether (sulfide) groups is 1. The van der Waals surface area contributed by atoms with E-state index in [1.165, 1.54) is 19.3 Å². The molecule has 0 amide bonds. The Morgan fingerprint density at radius 2 is 2.30 bits per heavy atom. The molecular formula is C7H12O2S. The molecule has 1 rings (SSSR count). The maximum absolute atomic E-state index is 10.1. The molecule has 1 saturated carbocycles. The van der Waals surface area contributed by atoms with Gasteiger partial charge in [0.15, 0.2) is 0 Å². The van der Waals surface area contributed by atoms with Crippen LogP contribution in [-0.2, 0) is 4.79 Å². The first kappa shape index (κ1) is 7.92. The van der Waals surface area contributed by atoms with Crippen molar-refractivity contribution in [1.29, 1.82) is 0 Å². The Morgan fingerprint density at radius 3 is 2.70 bits per heavy atom. The monoisotopic (exact) mass is 160 g/mol. The molecule has 0 radical (unpaired) electrons. The summed E-state index contributed by atoms with van der Waals surface area (Å²) in [4.78, 5) is 10.1. The van der Waals surface area contributed by atoms with Gasteiger partial charge < -0.3 is 5.11 Å². The molecule has 0 unspecified atom stereocenters. The van der Waals surface area contributed by atoms with Crippen molar-refractivity contribution in [3.05, 3.63) is 0 Å². The number of carboxylic acids is 1. The lowest BCUT2D eigenvalue weighted by Crippen LogP contribution is -2.14. The lowest BCUT2D eigenvalue weighted by molar-refractivity contribution is -0.133. The normalized spacial score (nSPS) is 18.4. The molecule has 0 aromatic heterocycles. The van der Waals surface area contributed by atoms with E-state index in [0.717, 1.165) is 11.7 Å². The van der Waals surface area contributed by atoms with Crippen molar-refractivity contribution in [2.75, 3.05) is 11.5 Å². The van der Waals surface area contributed by atoms with Crippen LogP contribution in [0.2, 0.25) is 0 Å². The first-order valence-electron chi connectivity index (χ1n) is 3.58. The van der Waals surface area contributed by atoms with E-state index in [1.54, 1.807) is 11.8 Å². The van der Waals surface area contributed by atoms with Gasteiger partial charge in [0.05, 0.1) is 5.75 Å². The first-order valence-corrected chi connectivity index (χ1v) is 4.74. The standard InChI is InChI=1S/C7H12O2S/c8-7(9)5-10-4-6-2-1-3-6/h6H,1-5H2,(H,8,9). The van der Waals surface area contributed by atoms with Gasteiger partial charge in [-0.1, -0.05) is 6.42 Å². The molecule has 0 heterocycles. The molecule has 0 aromatic rings. The van der Waals surface area contributed by atoms with Crippen LogP contribution in [0, 0.1) is 5.92 Å². The highest BCUT2D eigenvalue weighted by Gasteiger charge is 2.17. The molecule has 1 fully saturated rings. The molecule has 0 aromatic carbocycles. The summed E-state index contributed by atoms with van der Waals surface area (Å²) in [6.07, 6.45) is 3.97. The number of hydrogen-bond acceptors (Lipinski definition) is 2. The molecule has 0 spiro atoms. The predicted octanol–water partition coefficient (Wildman–Crippen LogP) is 1.60. The zero-order chi connectivity index (χ0) is 7.40. The Hall–Kier alpha value is -0.180. The fourth-order valence-corrected chi connectivity index (χ4v) is 1.93. The van der Waals surface area contributed by atoms with E-state index in [1.807, 2.05) is 0 Å². The molecule has 0 aliphatic heterocycles. The molecule has 58 valence electrons. The molecule has 1 N–H and O–H groups in total. The Morgan fingerprint density at radius 1 is 1.60 bits per heavy atom. The summed E-state index contributed by atoms with van der Waals surface area (Å²) in [6.45, 7) is 0. The second kappa shape index (κ2) is 3.86. The highest BCUT2D eigenvalue weighted by atomic mass is 32.2. The van der Waals surface area contributed by atoms with Gasteiger partial charge in [0, 0.05) is 0 Å². The summed E-state index contributed by atoms with van der Waals surface area (Å²) in [5.74, 6) is 1.46. The summed E-state index contributed by atoms with van der Waals surface area (Å²) in [5, 5.41) is 8.30. The van der Waals surface area contributed by atoms with Crippen molar-refractivity contribution in [1.82, 2.24) is 0 Å². The van der Waals surface area contributed by atoms with Gasteiger partial charge >= 0.3 is 5.97 Å². The SMILES string of the molecule is O=C(O)CSCC1CCC1. The zero-order valence-electron chi connectivity index (χ0n) is 5.88. The van der Waals surface area contributed by atoms with Crippen molar-refractivity contribution in [2.45, 2.75) is 19.3 Å². The average molecular weight is 160 g/mol. The smallest absolute Gasteiger partial charge is 0.313 e. The van der Waals surface area contributed by atoms with Crippen molar-refractivity contribution in [2.24, 2.45) is 5.92 Å². The number of carbonyl (C=O) groups is 1. The fraction of sp³-hybridized carbons (Fsp3) is 0.857. The van der Waals surface area contributed by atoms with Gasteiger partial charge in [-0.3, -0.25) is 4.79 Å².